The van der Waals surface area contributed by atoms with E-state index in [0.29, 0.717) is 29.4 Å². The molecule has 27 heavy (non-hydrogen) atoms. The summed E-state index contributed by atoms with van der Waals surface area (Å²) in [5.41, 5.74) is 4.31. The van der Waals surface area contributed by atoms with Crippen LogP contribution < -0.4 is 0 Å². The standard InChI is InChI=1S/C25H30O2/c1-25-12-11-20-19-8-7-18(26)15-21(19)17(13-16-5-3-2-4-6-16)14-22(20)23(25)9-10-24(25)27/h2-8,15,17,20,22-24,26-27H,9-14H2,1H3/t17-,20-,22-,23+,24+,25+/m1/s1. The van der Waals surface area contributed by atoms with Crippen LogP contribution in [-0.4, -0.2) is 16.3 Å². The third kappa shape index (κ3) is 2.72. The second-order valence-electron chi connectivity index (χ2n) is 9.45. The molecule has 3 aliphatic carbocycles. The Morgan fingerprint density at radius 2 is 1.81 bits per heavy atom. The van der Waals surface area contributed by atoms with Crippen molar-refractivity contribution >= 4 is 0 Å². The van der Waals surface area contributed by atoms with Crippen LogP contribution in [-0.2, 0) is 6.42 Å². The van der Waals surface area contributed by atoms with Gasteiger partial charge in [-0.2, -0.15) is 0 Å². The summed E-state index contributed by atoms with van der Waals surface area (Å²) in [6, 6.07) is 16.8. The fourth-order valence-electron chi connectivity index (χ4n) is 6.78. The van der Waals surface area contributed by atoms with E-state index in [1.54, 1.807) is 0 Å². The Hall–Kier alpha value is -1.80. The molecule has 3 aliphatic rings. The van der Waals surface area contributed by atoms with Gasteiger partial charge >= 0.3 is 0 Å². The van der Waals surface area contributed by atoms with Crippen LogP contribution in [0.4, 0.5) is 0 Å². The largest absolute Gasteiger partial charge is 0.508 e. The van der Waals surface area contributed by atoms with Crippen molar-refractivity contribution in [1.82, 2.24) is 0 Å². The van der Waals surface area contributed by atoms with Crippen LogP contribution in [0.25, 0.3) is 0 Å². The Balaban J connectivity index is 1.54. The van der Waals surface area contributed by atoms with E-state index in [9.17, 15) is 10.2 Å². The average Bonchev–Trinajstić information content (AvgIpc) is 2.98. The minimum atomic E-state index is -0.128. The molecule has 0 unspecified atom stereocenters. The summed E-state index contributed by atoms with van der Waals surface area (Å²) in [7, 11) is 0. The summed E-state index contributed by atoms with van der Waals surface area (Å²) in [4.78, 5) is 0. The van der Waals surface area contributed by atoms with Gasteiger partial charge < -0.3 is 10.2 Å². The zero-order valence-corrected chi connectivity index (χ0v) is 16.1. The zero-order valence-electron chi connectivity index (χ0n) is 16.1. The van der Waals surface area contributed by atoms with Crippen LogP contribution in [0, 0.1) is 17.3 Å². The minimum absolute atomic E-state index is 0.104. The number of aromatic hydroxyl groups is 1. The van der Waals surface area contributed by atoms with Crippen molar-refractivity contribution in [3.8, 4) is 5.75 Å². The van der Waals surface area contributed by atoms with Crippen molar-refractivity contribution in [3.63, 3.8) is 0 Å². The highest BCUT2D eigenvalue weighted by Gasteiger charge is 2.55. The molecule has 5 rings (SSSR count). The molecule has 2 N–H and O–H groups in total. The van der Waals surface area contributed by atoms with Gasteiger partial charge in [-0.1, -0.05) is 43.3 Å². The maximum atomic E-state index is 10.7. The number of hydrogen-bond acceptors (Lipinski definition) is 2. The zero-order chi connectivity index (χ0) is 18.6. The molecule has 2 aromatic carbocycles. The molecule has 2 nitrogen and oxygen atoms in total. The quantitative estimate of drug-likeness (QED) is 0.751. The predicted molar refractivity (Wildman–Crippen MR) is 108 cm³/mol. The fourth-order valence-corrected chi connectivity index (χ4v) is 6.78. The molecule has 0 radical (unpaired) electrons. The predicted octanol–water partition coefficient (Wildman–Crippen LogP) is 5.39. The van der Waals surface area contributed by atoms with E-state index < -0.39 is 0 Å². The van der Waals surface area contributed by atoms with Gasteiger partial charge in [-0.05, 0) is 96.4 Å². The molecule has 0 heterocycles. The SMILES string of the molecule is C[C@]12CC[C@@H]3c4ccc(O)cc4[C@H](Cc4ccccc4)C[C@H]3[C@@H]1CC[C@@H]2O. The number of benzene rings is 2. The lowest BCUT2D eigenvalue weighted by molar-refractivity contribution is -0.0249. The van der Waals surface area contributed by atoms with Crippen molar-refractivity contribution in [3.05, 3.63) is 65.2 Å². The molecule has 0 saturated heterocycles. The maximum absolute atomic E-state index is 10.7. The lowest BCUT2D eigenvalue weighted by Crippen LogP contribution is -2.44. The highest BCUT2D eigenvalue weighted by molar-refractivity contribution is 5.43. The second-order valence-corrected chi connectivity index (χ2v) is 9.45. The summed E-state index contributed by atoms with van der Waals surface area (Å²) in [6.45, 7) is 2.34. The third-order valence-corrected chi connectivity index (χ3v) is 8.18. The highest BCUT2D eigenvalue weighted by atomic mass is 16.3. The topological polar surface area (TPSA) is 40.5 Å². The van der Waals surface area contributed by atoms with Gasteiger partial charge in [0.2, 0.25) is 0 Å². The molecule has 0 aromatic heterocycles. The van der Waals surface area contributed by atoms with Crippen LogP contribution in [0.5, 0.6) is 5.75 Å². The summed E-state index contributed by atoms with van der Waals surface area (Å²) in [6.07, 6.45) is 6.53. The molecule has 0 spiro atoms. The highest BCUT2D eigenvalue weighted by Crippen LogP contribution is 2.62. The van der Waals surface area contributed by atoms with Crippen LogP contribution in [0.15, 0.2) is 48.5 Å². The Bertz CT molecular complexity index is 829. The molecule has 2 fully saturated rings. The van der Waals surface area contributed by atoms with E-state index in [1.807, 2.05) is 12.1 Å². The van der Waals surface area contributed by atoms with E-state index >= 15 is 0 Å². The molecule has 2 saturated carbocycles. The molecule has 0 amide bonds. The number of fused-ring (bicyclic) bond motifs is 5. The van der Waals surface area contributed by atoms with Crippen molar-refractivity contribution < 1.29 is 10.2 Å². The average molecular weight is 363 g/mol. The van der Waals surface area contributed by atoms with E-state index in [0.717, 1.165) is 19.3 Å². The Morgan fingerprint density at radius 1 is 1.00 bits per heavy atom. The van der Waals surface area contributed by atoms with Crippen LogP contribution >= 0.6 is 0 Å². The van der Waals surface area contributed by atoms with Gasteiger partial charge in [-0.15, -0.1) is 0 Å². The van der Waals surface area contributed by atoms with E-state index in [4.69, 9.17) is 0 Å². The van der Waals surface area contributed by atoms with E-state index in [-0.39, 0.29) is 11.5 Å². The van der Waals surface area contributed by atoms with Crippen LogP contribution in [0.3, 0.4) is 0 Å². The number of aliphatic hydroxyl groups is 1. The first-order chi connectivity index (χ1) is 13.1. The Kier molecular flexibility index (Phi) is 4.09. The molecular weight excluding hydrogens is 332 g/mol. The first-order valence-electron chi connectivity index (χ1n) is 10.6. The fraction of sp³-hybridized carbons (Fsp3) is 0.520. The number of aliphatic hydroxyl groups excluding tert-OH is 1. The number of rotatable bonds is 2. The van der Waals surface area contributed by atoms with Crippen LogP contribution in [0.1, 0.15) is 67.6 Å². The van der Waals surface area contributed by atoms with E-state index in [2.05, 4.69) is 43.3 Å². The van der Waals surface area contributed by atoms with Crippen molar-refractivity contribution in [2.75, 3.05) is 0 Å². The van der Waals surface area contributed by atoms with Gasteiger partial charge in [0.25, 0.3) is 0 Å². The molecule has 6 atom stereocenters. The van der Waals surface area contributed by atoms with Gasteiger partial charge in [0.1, 0.15) is 5.75 Å². The molecule has 2 aromatic rings. The first-order valence-corrected chi connectivity index (χ1v) is 10.6. The monoisotopic (exact) mass is 362 g/mol. The molecular formula is C25H30O2. The number of hydrogen-bond donors (Lipinski definition) is 2. The second kappa shape index (κ2) is 6.38. The van der Waals surface area contributed by atoms with Crippen molar-refractivity contribution in [2.24, 2.45) is 17.3 Å². The van der Waals surface area contributed by atoms with Gasteiger partial charge in [0.15, 0.2) is 0 Å². The van der Waals surface area contributed by atoms with Crippen LogP contribution in [0.2, 0.25) is 0 Å². The van der Waals surface area contributed by atoms with Gasteiger partial charge in [-0.3, -0.25) is 0 Å². The van der Waals surface area contributed by atoms with Crippen molar-refractivity contribution in [1.29, 1.82) is 0 Å². The normalized spacial score (nSPS) is 37.3. The third-order valence-electron chi connectivity index (χ3n) is 8.18. The molecule has 0 aliphatic heterocycles. The smallest absolute Gasteiger partial charge is 0.115 e. The minimum Gasteiger partial charge on any atom is -0.508 e. The summed E-state index contributed by atoms with van der Waals surface area (Å²) in [5, 5.41) is 20.8. The lowest BCUT2D eigenvalue weighted by Gasteiger charge is -2.51. The van der Waals surface area contributed by atoms with Gasteiger partial charge in [0.05, 0.1) is 6.10 Å². The first kappa shape index (κ1) is 17.3. The molecule has 0 bridgehead atoms. The van der Waals surface area contributed by atoms with E-state index in [1.165, 1.54) is 36.0 Å². The molecule has 2 heteroatoms. The van der Waals surface area contributed by atoms with Gasteiger partial charge in [0, 0.05) is 0 Å². The van der Waals surface area contributed by atoms with Gasteiger partial charge in [-0.25, -0.2) is 0 Å². The molecule has 142 valence electrons. The number of phenolic OH excluding ortho intramolecular Hbond substituents is 1. The summed E-state index contributed by atoms with van der Waals surface area (Å²) >= 11 is 0. The summed E-state index contributed by atoms with van der Waals surface area (Å²) in [5.74, 6) is 2.73. The Morgan fingerprint density at radius 3 is 2.63 bits per heavy atom. The lowest BCUT2D eigenvalue weighted by atomic mass is 9.53. The Labute approximate surface area is 162 Å². The maximum Gasteiger partial charge on any atom is 0.115 e. The number of phenols is 1. The summed E-state index contributed by atoms with van der Waals surface area (Å²) < 4.78 is 0. The van der Waals surface area contributed by atoms with Crippen molar-refractivity contribution in [2.45, 2.75) is 63.4 Å².